The number of nitrogens with one attached hydrogen (secondary N) is 1. The summed E-state index contributed by atoms with van der Waals surface area (Å²) in [6.45, 7) is 0. The highest BCUT2D eigenvalue weighted by atomic mass is 16.1. The van der Waals surface area contributed by atoms with E-state index in [-0.39, 0.29) is 5.91 Å². The molecule has 0 aromatic heterocycles. The van der Waals surface area contributed by atoms with Gasteiger partial charge in [-0.2, -0.15) is 0 Å². The molecule has 0 radical (unpaired) electrons. The summed E-state index contributed by atoms with van der Waals surface area (Å²) in [4.78, 5) is 11.3. The first-order chi connectivity index (χ1) is 7.74. The fraction of sp³-hybridized carbons (Fsp3) is 0.154. The molecule has 0 aliphatic rings. The van der Waals surface area contributed by atoms with Crippen molar-refractivity contribution in [3.05, 3.63) is 48.0 Å². The smallest absolute Gasteiger partial charge is 0.239 e. The molecule has 3 heteroatoms. The zero-order chi connectivity index (χ0) is 11.5. The SMILES string of the molecule is CNC(C(N)=O)c1cccc2ccccc12. The van der Waals surface area contributed by atoms with Gasteiger partial charge in [0.1, 0.15) is 6.04 Å². The first-order valence-corrected chi connectivity index (χ1v) is 5.18. The van der Waals surface area contributed by atoms with Gasteiger partial charge in [0.15, 0.2) is 0 Å². The monoisotopic (exact) mass is 214 g/mol. The Morgan fingerprint density at radius 2 is 1.88 bits per heavy atom. The molecule has 2 aromatic carbocycles. The fourth-order valence-electron chi connectivity index (χ4n) is 1.95. The third-order valence-corrected chi connectivity index (χ3v) is 2.71. The Balaban J connectivity index is 2.63. The maximum absolute atomic E-state index is 11.3. The van der Waals surface area contributed by atoms with Gasteiger partial charge in [-0.05, 0) is 23.4 Å². The van der Waals surface area contributed by atoms with Crippen LogP contribution in [0.15, 0.2) is 42.5 Å². The molecule has 1 amide bonds. The van der Waals surface area contributed by atoms with Crippen molar-refractivity contribution in [1.82, 2.24) is 5.32 Å². The van der Waals surface area contributed by atoms with Crippen LogP contribution in [-0.4, -0.2) is 13.0 Å². The second-order valence-corrected chi connectivity index (χ2v) is 3.69. The molecular weight excluding hydrogens is 200 g/mol. The molecular formula is C13H14N2O. The molecule has 1 atom stereocenters. The molecule has 2 aromatic rings. The van der Waals surface area contributed by atoms with Crippen LogP contribution < -0.4 is 11.1 Å². The van der Waals surface area contributed by atoms with Crippen LogP contribution in [0.25, 0.3) is 10.8 Å². The number of carbonyl (C=O) groups is 1. The van der Waals surface area contributed by atoms with Gasteiger partial charge in [0, 0.05) is 0 Å². The molecule has 0 aliphatic heterocycles. The minimum atomic E-state index is -0.439. The summed E-state index contributed by atoms with van der Waals surface area (Å²) >= 11 is 0. The predicted octanol–water partition coefficient (Wildman–Crippen LogP) is 1.59. The van der Waals surface area contributed by atoms with E-state index in [1.165, 1.54) is 0 Å². The fourth-order valence-corrected chi connectivity index (χ4v) is 1.95. The minimum absolute atomic E-state index is 0.362. The summed E-state index contributed by atoms with van der Waals surface area (Å²) in [6.07, 6.45) is 0. The molecule has 0 aliphatic carbocycles. The Labute approximate surface area is 94.3 Å². The van der Waals surface area contributed by atoms with Gasteiger partial charge in [-0.25, -0.2) is 0 Å². The summed E-state index contributed by atoms with van der Waals surface area (Å²) < 4.78 is 0. The first kappa shape index (κ1) is 10.6. The van der Waals surface area contributed by atoms with Gasteiger partial charge in [0.25, 0.3) is 0 Å². The van der Waals surface area contributed by atoms with E-state index >= 15 is 0 Å². The Morgan fingerprint density at radius 1 is 1.19 bits per heavy atom. The van der Waals surface area contributed by atoms with Crippen molar-refractivity contribution in [2.24, 2.45) is 5.73 Å². The summed E-state index contributed by atoms with van der Waals surface area (Å²) in [6, 6.07) is 13.4. The van der Waals surface area contributed by atoms with Crippen LogP contribution in [0.1, 0.15) is 11.6 Å². The largest absolute Gasteiger partial charge is 0.368 e. The van der Waals surface area contributed by atoms with Crippen LogP contribution in [0.2, 0.25) is 0 Å². The molecule has 16 heavy (non-hydrogen) atoms. The number of likely N-dealkylation sites (N-methyl/N-ethyl adjacent to an activating group) is 1. The molecule has 0 bridgehead atoms. The lowest BCUT2D eigenvalue weighted by molar-refractivity contribution is -0.120. The Bertz CT molecular complexity index is 517. The van der Waals surface area contributed by atoms with Crippen molar-refractivity contribution in [2.75, 3.05) is 7.05 Å². The van der Waals surface area contributed by atoms with Crippen LogP contribution in [0.5, 0.6) is 0 Å². The number of carbonyl (C=O) groups excluding carboxylic acids is 1. The maximum atomic E-state index is 11.3. The van der Waals surface area contributed by atoms with Gasteiger partial charge < -0.3 is 11.1 Å². The lowest BCUT2D eigenvalue weighted by atomic mass is 9.98. The van der Waals surface area contributed by atoms with Gasteiger partial charge in [0.2, 0.25) is 5.91 Å². The Morgan fingerprint density at radius 3 is 2.56 bits per heavy atom. The molecule has 0 saturated heterocycles. The minimum Gasteiger partial charge on any atom is -0.368 e. The van der Waals surface area contributed by atoms with E-state index in [1.54, 1.807) is 7.05 Å². The molecule has 0 spiro atoms. The lowest BCUT2D eigenvalue weighted by Gasteiger charge is -2.15. The molecule has 3 N–H and O–H groups in total. The lowest BCUT2D eigenvalue weighted by Crippen LogP contribution is -2.31. The average Bonchev–Trinajstić information content (AvgIpc) is 2.30. The van der Waals surface area contributed by atoms with Crippen molar-refractivity contribution >= 4 is 16.7 Å². The zero-order valence-electron chi connectivity index (χ0n) is 9.10. The van der Waals surface area contributed by atoms with Crippen LogP contribution in [0.3, 0.4) is 0 Å². The number of nitrogens with two attached hydrogens (primary N) is 1. The number of hydrogen-bond acceptors (Lipinski definition) is 2. The second-order valence-electron chi connectivity index (χ2n) is 3.69. The van der Waals surface area contributed by atoms with Crippen LogP contribution in [0, 0.1) is 0 Å². The Kier molecular flexibility index (Phi) is 2.88. The van der Waals surface area contributed by atoms with Gasteiger partial charge >= 0.3 is 0 Å². The van der Waals surface area contributed by atoms with Crippen molar-refractivity contribution in [3.8, 4) is 0 Å². The Hall–Kier alpha value is -1.87. The number of amides is 1. The van der Waals surface area contributed by atoms with Crippen molar-refractivity contribution in [2.45, 2.75) is 6.04 Å². The highest BCUT2D eigenvalue weighted by Crippen LogP contribution is 2.23. The number of primary amides is 1. The van der Waals surface area contributed by atoms with E-state index in [9.17, 15) is 4.79 Å². The molecule has 1 unspecified atom stereocenters. The molecule has 82 valence electrons. The predicted molar refractivity (Wildman–Crippen MR) is 64.9 cm³/mol. The standard InChI is InChI=1S/C13H14N2O/c1-15-12(13(14)16)11-8-4-6-9-5-2-3-7-10(9)11/h2-8,12,15H,1H3,(H2,14,16). The van der Waals surface area contributed by atoms with E-state index in [0.29, 0.717) is 0 Å². The summed E-state index contributed by atoms with van der Waals surface area (Å²) in [5.41, 5.74) is 6.29. The van der Waals surface area contributed by atoms with E-state index < -0.39 is 6.04 Å². The van der Waals surface area contributed by atoms with Crippen molar-refractivity contribution in [3.63, 3.8) is 0 Å². The number of rotatable bonds is 3. The quantitative estimate of drug-likeness (QED) is 0.815. The van der Waals surface area contributed by atoms with Crippen molar-refractivity contribution in [1.29, 1.82) is 0 Å². The van der Waals surface area contributed by atoms with Crippen LogP contribution in [-0.2, 0) is 4.79 Å². The molecule has 0 fully saturated rings. The van der Waals surface area contributed by atoms with Crippen LogP contribution in [0.4, 0.5) is 0 Å². The van der Waals surface area contributed by atoms with E-state index in [0.717, 1.165) is 16.3 Å². The normalized spacial score (nSPS) is 12.6. The van der Waals surface area contributed by atoms with E-state index in [2.05, 4.69) is 5.32 Å². The molecule has 0 heterocycles. The molecule has 2 rings (SSSR count). The number of benzene rings is 2. The first-order valence-electron chi connectivity index (χ1n) is 5.18. The molecule has 3 nitrogen and oxygen atoms in total. The number of fused-ring (bicyclic) bond motifs is 1. The third kappa shape index (κ3) is 1.77. The van der Waals surface area contributed by atoms with Crippen molar-refractivity contribution < 1.29 is 4.79 Å². The van der Waals surface area contributed by atoms with Gasteiger partial charge in [-0.3, -0.25) is 4.79 Å². The number of hydrogen-bond donors (Lipinski definition) is 2. The van der Waals surface area contributed by atoms with Crippen LogP contribution >= 0.6 is 0 Å². The summed E-state index contributed by atoms with van der Waals surface area (Å²) in [5.74, 6) is -0.362. The third-order valence-electron chi connectivity index (χ3n) is 2.71. The van der Waals surface area contributed by atoms with E-state index in [1.807, 2.05) is 42.5 Å². The topological polar surface area (TPSA) is 55.1 Å². The van der Waals surface area contributed by atoms with Gasteiger partial charge in [0.05, 0.1) is 0 Å². The average molecular weight is 214 g/mol. The van der Waals surface area contributed by atoms with Gasteiger partial charge in [-0.15, -0.1) is 0 Å². The summed E-state index contributed by atoms with van der Waals surface area (Å²) in [7, 11) is 1.73. The highest BCUT2D eigenvalue weighted by molar-refractivity contribution is 5.92. The zero-order valence-corrected chi connectivity index (χ0v) is 9.10. The maximum Gasteiger partial charge on any atom is 0.239 e. The molecule has 0 saturated carbocycles. The van der Waals surface area contributed by atoms with Gasteiger partial charge in [-0.1, -0.05) is 42.5 Å². The second kappa shape index (κ2) is 4.33. The highest BCUT2D eigenvalue weighted by Gasteiger charge is 2.17. The summed E-state index contributed by atoms with van der Waals surface area (Å²) in [5, 5.41) is 5.11. The van der Waals surface area contributed by atoms with E-state index in [4.69, 9.17) is 5.73 Å².